The first-order valence-electron chi connectivity index (χ1n) is 9.61. The smallest absolute Gasteiger partial charge is 0.274 e. The van der Waals surface area contributed by atoms with E-state index in [4.69, 9.17) is 4.74 Å². The van der Waals surface area contributed by atoms with Crippen LogP contribution in [-0.4, -0.2) is 34.2 Å². The largest absolute Gasteiger partial charge is 0.494 e. The Morgan fingerprint density at radius 2 is 1.87 bits per heavy atom. The van der Waals surface area contributed by atoms with Crippen LogP contribution in [0.2, 0.25) is 0 Å². The Kier molecular flexibility index (Phi) is 5.81. The number of halogens is 1. The molecule has 7 nitrogen and oxygen atoms in total. The van der Waals surface area contributed by atoms with E-state index in [1.54, 1.807) is 54.6 Å². The molecule has 1 aliphatic rings. The lowest BCUT2D eigenvalue weighted by Crippen LogP contribution is -2.29. The number of carbonyl (C=O) groups excluding carboxylic acids is 3. The number of hydrogen-bond donors (Lipinski definition) is 1. The van der Waals surface area contributed by atoms with E-state index in [-0.39, 0.29) is 24.1 Å². The fourth-order valence-electron chi connectivity index (χ4n) is 3.34. The molecule has 3 aromatic rings. The summed E-state index contributed by atoms with van der Waals surface area (Å²) in [5, 5.41) is 2.81. The summed E-state index contributed by atoms with van der Waals surface area (Å²) in [5.74, 6) is -0.628. The van der Waals surface area contributed by atoms with Crippen molar-refractivity contribution in [3.05, 3.63) is 87.7 Å². The molecule has 2 heterocycles. The van der Waals surface area contributed by atoms with Gasteiger partial charge in [-0.1, -0.05) is 22.0 Å². The average molecular weight is 480 g/mol. The molecule has 1 N–H and O–H groups in total. The second-order valence-corrected chi connectivity index (χ2v) is 7.72. The summed E-state index contributed by atoms with van der Waals surface area (Å²) in [6.07, 6.45) is 1.53. The van der Waals surface area contributed by atoms with Gasteiger partial charge in [-0.3, -0.25) is 24.3 Å². The minimum Gasteiger partial charge on any atom is -0.494 e. The molecule has 0 saturated heterocycles. The van der Waals surface area contributed by atoms with E-state index in [1.165, 1.54) is 11.1 Å². The van der Waals surface area contributed by atoms with Crippen LogP contribution in [0.5, 0.6) is 5.75 Å². The molecule has 0 atom stereocenters. The van der Waals surface area contributed by atoms with Gasteiger partial charge in [0.2, 0.25) is 0 Å². The number of rotatable bonds is 6. The molecule has 156 valence electrons. The van der Waals surface area contributed by atoms with Crippen molar-refractivity contribution in [1.29, 1.82) is 0 Å². The highest BCUT2D eigenvalue weighted by Crippen LogP contribution is 2.30. The Morgan fingerprint density at radius 3 is 2.61 bits per heavy atom. The van der Waals surface area contributed by atoms with E-state index in [2.05, 4.69) is 26.2 Å². The minimum absolute atomic E-state index is 0.00753. The lowest BCUT2D eigenvalue weighted by atomic mass is 10.1. The summed E-state index contributed by atoms with van der Waals surface area (Å²) in [7, 11) is 0. The third-order valence-electron chi connectivity index (χ3n) is 4.79. The van der Waals surface area contributed by atoms with E-state index in [9.17, 15) is 14.4 Å². The molecule has 0 fully saturated rings. The van der Waals surface area contributed by atoms with E-state index in [0.29, 0.717) is 34.7 Å². The molecule has 2 aromatic carbocycles. The summed E-state index contributed by atoms with van der Waals surface area (Å²) in [6, 6.07) is 15.2. The fourth-order valence-corrected chi connectivity index (χ4v) is 3.75. The standard InChI is InChI=1S/C23H18BrN3O4/c1-2-31-16-7-8-17-18(12-16)23(30)27(22(17)29)13-14-11-15(24)6-9-19(14)26-21(28)20-5-3-4-10-25-20/h3-12H,2,13H2,1H3,(H,26,28). The molecule has 0 radical (unpaired) electrons. The quantitative estimate of drug-likeness (QED) is 0.532. The second-order valence-electron chi connectivity index (χ2n) is 6.81. The maximum absolute atomic E-state index is 12.9. The van der Waals surface area contributed by atoms with Gasteiger partial charge in [-0.15, -0.1) is 0 Å². The number of nitrogens with one attached hydrogen (secondary N) is 1. The van der Waals surface area contributed by atoms with Crippen molar-refractivity contribution in [3.63, 3.8) is 0 Å². The minimum atomic E-state index is -0.400. The summed E-state index contributed by atoms with van der Waals surface area (Å²) in [6.45, 7) is 2.32. The molecule has 8 heteroatoms. The van der Waals surface area contributed by atoms with Gasteiger partial charge in [0.25, 0.3) is 17.7 Å². The zero-order valence-corrected chi connectivity index (χ0v) is 18.2. The zero-order chi connectivity index (χ0) is 22.0. The van der Waals surface area contributed by atoms with Crippen molar-refractivity contribution >= 4 is 39.3 Å². The molecule has 0 spiro atoms. The SMILES string of the molecule is CCOc1ccc2c(c1)C(=O)N(Cc1cc(Br)ccc1NC(=O)c1ccccn1)C2=O. The molecule has 1 aromatic heterocycles. The van der Waals surface area contributed by atoms with Crippen LogP contribution >= 0.6 is 15.9 Å². The van der Waals surface area contributed by atoms with Crippen molar-refractivity contribution in [1.82, 2.24) is 9.88 Å². The third kappa shape index (κ3) is 4.20. The highest BCUT2D eigenvalue weighted by molar-refractivity contribution is 9.10. The van der Waals surface area contributed by atoms with Gasteiger partial charge in [-0.05, 0) is 61.0 Å². The van der Waals surface area contributed by atoms with Crippen LogP contribution in [0.15, 0.2) is 65.3 Å². The van der Waals surface area contributed by atoms with E-state index in [0.717, 1.165) is 4.47 Å². The van der Waals surface area contributed by atoms with E-state index in [1.807, 2.05) is 6.92 Å². The topological polar surface area (TPSA) is 88.6 Å². The number of ether oxygens (including phenoxy) is 1. The lowest BCUT2D eigenvalue weighted by Gasteiger charge is -2.17. The van der Waals surface area contributed by atoms with Gasteiger partial charge in [-0.25, -0.2) is 0 Å². The van der Waals surface area contributed by atoms with Crippen LogP contribution in [0.25, 0.3) is 0 Å². The number of anilines is 1. The van der Waals surface area contributed by atoms with Crippen molar-refractivity contribution in [2.75, 3.05) is 11.9 Å². The number of aromatic nitrogens is 1. The zero-order valence-electron chi connectivity index (χ0n) is 16.6. The number of pyridine rings is 1. The van der Waals surface area contributed by atoms with Crippen LogP contribution in [0.4, 0.5) is 5.69 Å². The molecule has 0 bridgehead atoms. The monoisotopic (exact) mass is 479 g/mol. The van der Waals surface area contributed by atoms with Gasteiger partial charge in [-0.2, -0.15) is 0 Å². The number of imide groups is 1. The summed E-state index contributed by atoms with van der Waals surface area (Å²) in [5.41, 5.74) is 2.01. The maximum atomic E-state index is 12.9. The number of benzene rings is 2. The number of nitrogens with zero attached hydrogens (tertiary/aromatic N) is 2. The Hall–Kier alpha value is -3.52. The summed E-state index contributed by atoms with van der Waals surface area (Å²) >= 11 is 3.41. The average Bonchev–Trinajstić information content (AvgIpc) is 3.01. The molecule has 4 rings (SSSR count). The highest BCUT2D eigenvalue weighted by atomic mass is 79.9. The van der Waals surface area contributed by atoms with Crippen LogP contribution in [-0.2, 0) is 6.54 Å². The van der Waals surface area contributed by atoms with Gasteiger partial charge in [0, 0.05) is 16.4 Å². The first-order valence-corrected chi connectivity index (χ1v) is 10.4. The third-order valence-corrected chi connectivity index (χ3v) is 5.29. The Labute approximate surface area is 187 Å². The van der Waals surface area contributed by atoms with Crippen LogP contribution in [0.1, 0.15) is 43.7 Å². The Morgan fingerprint density at radius 1 is 1.06 bits per heavy atom. The number of hydrogen-bond acceptors (Lipinski definition) is 5. The van der Waals surface area contributed by atoms with Crippen molar-refractivity contribution < 1.29 is 19.1 Å². The van der Waals surface area contributed by atoms with Gasteiger partial charge >= 0.3 is 0 Å². The van der Waals surface area contributed by atoms with Gasteiger partial charge in [0.15, 0.2) is 0 Å². The molecule has 1 aliphatic heterocycles. The fraction of sp³-hybridized carbons (Fsp3) is 0.130. The predicted molar refractivity (Wildman–Crippen MR) is 118 cm³/mol. The van der Waals surface area contributed by atoms with Crippen molar-refractivity contribution in [2.45, 2.75) is 13.5 Å². The number of amides is 3. The molecule has 0 aliphatic carbocycles. The van der Waals surface area contributed by atoms with E-state index < -0.39 is 5.91 Å². The molecule has 31 heavy (non-hydrogen) atoms. The van der Waals surface area contributed by atoms with Gasteiger partial charge in [0.05, 0.1) is 24.3 Å². The number of carbonyl (C=O) groups is 3. The molecule has 3 amide bonds. The van der Waals surface area contributed by atoms with E-state index >= 15 is 0 Å². The molecule has 0 unspecified atom stereocenters. The summed E-state index contributed by atoms with van der Waals surface area (Å²) < 4.78 is 6.21. The highest BCUT2D eigenvalue weighted by Gasteiger charge is 2.36. The van der Waals surface area contributed by atoms with Gasteiger partial charge < -0.3 is 10.1 Å². The van der Waals surface area contributed by atoms with Gasteiger partial charge in [0.1, 0.15) is 11.4 Å². The molecular weight excluding hydrogens is 462 g/mol. The first-order chi connectivity index (χ1) is 15.0. The summed E-state index contributed by atoms with van der Waals surface area (Å²) in [4.78, 5) is 43.6. The van der Waals surface area contributed by atoms with Crippen LogP contribution in [0.3, 0.4) is 0 Å². The predicted octanol–water partition coefficient (Wildman–Crippen LogP) is 4.29. The van der Waals surface area contributed by atoms with Crippen molar-refractivity contribution in [3.8, 4) is 5.75 Å². The first kappa shape index (κ1) is 20.7. The van der Waals surface area contributed by atoms with Crippen LogP contribution in [0, 0.1) is 0 Å². The lowest BCUT2D eigenvalue weighted by molar-refractivity contribution is 0.0642. The molecule has 0 saturated carbocycles. The Balaban J connectivity index is 1.61. The maximum Gasteiger partial charge on any atom is 0.274 e. The molecular formula is C23H18BrN3O4. The second kappa shape index (κ2) is 8.69. The Bertz CT molecular complexity index is 1180. The van der Waals surface area contributed by atoms with Crippen molar-refractivity contribution in [2.24, 2.45) is 0 Å². The normalized spacial score (nSPS) is 12.6. The number of fused-ring (bicyclic) bond motifs is 1. The van der Waals surface area contributed by atoms with Crippen LogP contribution < -0.4 is 10.1 Å².